The zero-order chi connectivity index (χ0) is 17.6. The van der Waals surface area contributed by atoms with Crippen molar-refractivity contribution in [3.8, 4) is 0 Å². The van der Waals surface area contributed by atoms with Gasteiger partial charge in [0.05, 0.1) is 0 Å². The van der Waals surface area contributed by atoms with Gasteiger partial charge in [0.15, 0.2) is 0 Å². The minimum Gasteiger partial charge on any atom is -0.356 e. The molecule has 0 aliphatic carbocycles. The lowest BCUT2D eigenvalue weighted by molar-refractivity contribution is 0.726. The number of hydrogen-bond acceptors (Lipinski definition) is 4. The Balaban J connectivity index is 1.64. The number of nitrogens with zero attached hydrogens (tertiary/aromatic N) is 3. The van der Waals surface area contributed by atoms with E-state index in [2.05, 4.69) is 21.3 Å². The first-order valence-corrected chi connectivity index (χ1v) is 9.66. The number of benzene rings is 1. The number of rotatable bonds is 5. The van der Waals surface area contributed by atoms with Gasteiger partial charge in [-0.25, -0.2) is 4.98 Å². The number of anilines is 2. The van der Waals surface area contributed by atoms with Crippen LogP contribution in [0.15, 0.2) is 24.3 Å². The van der Waals surface area contributed by atoms with Crippen molar-refractivity contribution in [2.45, 2.75) is 39.0 Å². The minimum absolute atomic E-state index is 0.658. The number of aryl methyl sites for hydroxylation is 1. The Morgan fingerprint density at radius 2 is 1.80 bits per heavy atom. The normalized spacial score (nSPS) is 15.1. The molecule has 2 aromatic rings. The van der Waals surface area contributed by atoms with E-state index in [0.29, 0.717) is 16.0 Å². The van der Waals surface area contributed by atoms with Gasteiger partial charge in [0.25, 0.3) is 0 Å². The Kier molecular flexibility index (Phi) is 6.38. The van der Waals surface area contributed by atoms with Crippen molar-refractivity contribution in [1.29, 1.82) is 0 Å². The summed E-state index contributed by atoms with van der Waals surface area (Å²) < 4.78 is 0. The Bertz CT molecular complexity index is 713. The van der Waals surface area contributed by atoms with Crippen molar-refractivity contribution >= 4 is 35.0 Å². The Morgan fingerprint density at radius 1 is 1.04 bits per heavy atom. The van der Waals surface area contributed by atoms with E-state index >= 15 is 0 Å². The fourth-order valence-corrected chi connectivity index (χ4v) is 3.63. The molecule has 0 bridgehead atoms. The molecule has 134 valence electrons. The third kappa shape index (κ3) is 5.23. The lowest BCUT2D eigenvalue weighted by atomic mass is 10.1. The fourth-order valence-electron chi connectivity index (χ4n) is 3.13. The highest BCUT2D eigenvalue weighted by molar-refractivity contribution is 6.35. The minimum atomic E-state index is 0.658. The van der Waals surface area contributed by atoms with E-state index in [0.717, 1.165) is 43.1 Å². The number of nitrogens with one attached hydrogen (secondary N) is 1. The second kappa shape index (κ2) is 8.72. The molecule has 0 spiro atoms. The molecule has 1 aromatic heterocycles. The van der Waals surface area contributed by atoms with Gasteiger partial charge in [-0.15, -0.1) is 0 Å². The molecular weight excluding hydrogens is 355 g/mol. The molecular formula is C19H24Cl2N4. The maximum absolute atomic E-state index is 6.23. The second-order valence-corrected chi connectivity index (χ2v) is 7.35. The van der Waals surface area contributed by atoms with Gasteiger partial charge in [-0.05, 0) is 43.9 Å². The maximum Gasteiger partial charge on any atom is 0.224 e. The van der Waals surface area contributed by atoms with Crippen molar-refractivity contribution in [2.75, 3.05) is 29.9 Å². The van der Waals surface area contributed by atoms with Gasteiger partial charge < -0.3 is 10.2 Å². The van der Waals surface area contributed by atoms with Crippen LogP contribution in [0.1, 0.15) is 36.9 Å². The second-order valence-electron chi connectivity index (χ2n) is 6.50. The number of hydrogen-bond donors (Lipinski definition) is 1. The number of aromatic nitrogens is 2. The molecule has 0 atom stereocenters. The number of halogens is 2. The molecule has 1 aromatic carbocycles. The molecule has 0 saturated carbocycles. The van der Waals surface area contributed by atoms with E-state index in [1.807, 2.05) is 19.1 Å². The van der Waals surface area contributed by atoms with E-state index in [9.17, 15) is 0 Å². The topological polar surface area (TPSA) is 41.1 Å². The van der Waals surface area contributed by atoms with Crippen LogP contribution in [0.3, 0.4) is 0 Å². The average molecular weight is 379 g/mol. The monoisotopic (exact) mass is 378 g/mol. The van der Waals surface area contributed by atoms with Crippen LogP contribution >= 0.6 is 23.2 Å². The highest BCUT2D eigenvalue weighted by Gasteiger charge is 2.13. The smallest absolute Gasteiger partial charge is 0.224 e. The highest BCUT2D eigenvalue weighted by Crippen LogP contribution is 2.22. The summed E-state index contributed by atoms with van der Waals surface area (Å²) in [5.74, 6) is 1.71. The first-order valence-electron chi connectivity index (χ1n) is 8.90. The van der Waals surface area contributed by atoms with Crippen molar-refractivity contribution in [3.63, 3.8) is 0 Å². The molecule has 2 heterocycles. The largest absolute Gasteiger partial charge is 0.356 e. The molecule has 6 heteroatoms. The average Bonchev–Trinajstić information content (AvgIpc) is 2.86. The maximum atomic E-state index is 6.23. The fraction of sp³-hybridized carbons (Fsp3) is 0.474. The first kappa shape index (κ1) is 18.3. The van der Waals surface area contributed by atoms with Gasteiger partial charge >= 0.3 is 0 Å². The van der Waals surface area contributed by atoms with Crippen LogP contribution in [0.4, 0.5) is 11.8 Å². The predicted octanol–water partition coefficient (Wildman–Crippen LogP) is 5.13. The highest BCUT2D eigenvalue weighted by atomic mass is 35.5. The van der Waals surface area contributed by atoms with Crippen molar-refractivity contribution in [1.82, 2.24) is 9.97 Å². The van der Waals surface area contributed by atoms with Crippen LogP contribution in [0.2, 0.25) is 10.0 Å². The van der Waals surface area contributed by atoms with Crippen LogP contribution in [0, 0.1) is 6.92 Å². The first-order chi connectivity index (χ1) is 12.1. The lowest BCUT2D eigenvalue weighted by Gasteiger charge is -2.22. The molecule has 3 rings (SSSR count). The van der Waals surface area contributed by atoms with Crippen LogP contribution in [0.25, 0.3) is 0 Å². The van der Waals surface area contributed by atoms with Crippen LogP contribution < -0.4 is 10.2 Å². The molecule has 0 amide bonds. The molecule has 25 heavy (non-hydrogen) atoms. The molecule has 1 N–H and O–H groups in total. The van der Waals surface area contributed by atoms with Gasteiger partial charge in [-0.2, -0.15) is 4.98 Å². The van der Waals surface area contributed by atoms with E-state index in [-0.39, 0.29) is 0 Å². The zero-order valence-corrected chi connectivity index (χ0v) is 16.1. The lowest BCUT2D eigenvalue weighted by Crippen LogP contribution is -2.25. The summed E-state index contributed by atoms with van der Waals surface area (Å²) in [6, 6.07) is 7.68. The van der Waals surface area contributed by atoms with Crippen LogP contribution in [-0.4, -0.2) is 29.6 Å². The molecule has 1 aliphatic heterocycles. The summed E-state index contributed by atoms with van der Waals surface area (Å²) >= 11 is 12.2. The Labute approximate surface area is 159 Å². The molecule has 4 nitrogen and oxygen atoms in total. The zero-order valence-electron chi connectivity index (χ0n) is 14.6. The van der Waals surface area contributed by atoms with E-state index in [1.54, 1.807) is 6.07 Å². The third-order valence-corrected chi connectivity index (χ3v) is 5.05. The van der Waals surface area contributed by atoms with E-state index in [1.165, 1.54) is 25.7 Å². The Morgan fingerprint density at radius 3 is 2.52 bits per heavy atom. The van der Waals surface area contributed by atoms with Gasteiger partial charge in [0.2, 0.25) is 5.95 Å². The summed E-state index contributed by atoms with van der Waals surface area (Å²) in [6.45, 7) is 4.90. The predicted molar refractivity (Wildman–Crippen MR) is 106 cm³/mol. The van der Waals surface area contributed by atoms with Crippen LogP contribution in [0.5, 0.6) is 0 Å². The summed E-state index contributed by atoms with van der Waals surface area (Å²) in [4.78, 5) is 11.6. The summed E-state index contributed by atoms with van der Waals surface area (Å²) in [5.41, 5.74) is 2.06. The van der Waals surface area contributed by atoms with Crippen molar-refractivity contribution in [3.05, 3.63) is 45.6 Å². The molecule has 0 unspecified atom stereocenters. The van der Waals surface area contributed by atoms with Crippen LogP contribution in [-0.2, 0) is 6.42 Å². The van der Waals surface area contributed by atoms with E-state index in [4.69, 9.17) is 28.2 Å². The third-order valence-electron chi connectivity index (χ3n) is 4.46. The van der Waals surface area contributed by atoms with Gasteiger partial charge in [-0.1, -0.05) is 42.1 Å². The molecule has 1 saturated heterocycles. The Hall–Kier alpha value is -1.52. The SMILES string of the molecule is Cc1cc(N2CCCCCC2)nc(NCCc2ccc(Cl)cc2Cl)n1. The molecule has 1 fully saturated rings. The van der Waals surface area contributed by atoms with E-state index < -0.39 is 0 Å². The summed E-state index contributed by atoms with van der Waals surface area (Å²) in [7, 11) is 0. The standard InChI is InChI=1S/C19H24Cl2N4/c1-14-12-18(25-10-4-2-3-5-11-25)24-19(23-14)22-9-8-15-6-7-16(20)13-17(15)21/h6-7,12-13H,2-5,8-11H2,1H3,(H,22,23,24). The summed E-state index contributed by atoms with van der Waals surface area (Å²) in [5, 5.41) is 4.69. The quantitative estimate of drug-likeness (QED) is 0.782. The molecule has 0 radical (unpaired) electrons. The summed E-state index contributed by atoms with van der Waals surface area (Å²) in [6.07, 6.45) is 5.90. The molecule has 1 aliphatic rings. The van der Waals surface area contributed by atoms with Gasteiger partial charge in [-0.3, -0.25) is 0 Å². The van der Waals surface area contributed by atoms with Gasteiger partial charge in [0.1, 0.15) is 5.82 Å². The van der Waals surface area contributed by atoms with Crippen molar-refractivity contribution in [2.24, 2.45) is 0 Å². The van der Waals surface area contributed by atoms with Crippen molar-refractivity contribution < 1.29 is 0 Å². The van der Waals surface area contributed by atoms with Gasteiger partial charge in [0, 0.05) is 41.4 Å².